The molecule has 3 rings (SSSR count). The molecule has 0 saturated heterocycles. The van der Waals surface area contributed by atoms with Crippen molar-refractivity contribution in [3.8, 4) is 11.5 Å². The number of nitrogens with one attached hydrogen (secondary N) is 3. The van der Waals surface area contributed by atoms with E-state index in [4.69, 9.17) is 21.7 Å². The van der Waals surface area contributed by atoms with E-state index in [9.17, 15) is 4.79 Å². The number of allylic oxidation sites excluding steroid dienone is 1. The number of thiocarbonyl (C=S) groups is 1. The predicted octanol–water partition coefficient (Wildman–Crippen LogP) is 3.44. The Morgan fingerprint density at radius 2 is 1.71 bits per heavy atom. The van der Waals surface area contributed by atoms with Crippen molar-refractivity contribution in [2.75, 3.05) is 19.5 Å². The Morgan fingerprint density at radius 3 is 2.36 bits per heavy atom. The molecule has 1 unspecified atom stereocenters. The number of methoxy groups -OCH3 is 2. The normalized spacial score (nSPS) is 16.1. The molecule has 7 heteroatoms. The lowest BCUT2D eigenvalue weighted by Gasteiger charge is -2.30. The van der Waals surface area contributed by atoms with Gasteiger partial charge in [-0.3, -0.25) is 4.79 Å². The SMILES string of the molecule is COc1ccc(C2NC(=S)NC(C)=C2C(=O)Nc2ccc(C)cc2)cc1OC. The number of anilines is 1. The highest BCUT2D eigenvalue weighted by atomic mass is 32.1. The van der Waals surface area contributed by atoms with Crippen LogP contribution in [0.15, 0.2) is 53.7 Å². The number of aryl methyl sites for hydroxylation is 1. The number of benzene rings is 2. The van der Waals surface area contributed by atoms with Gasteiger partial charge in [0.25, 0.3) is 5.91 Å². The Balaban J connectivity index is 1.96. The summed E-state index contributed by atoms with van der Waals surface area (Å²) in [6.45, 7) is 3.84. The van der Waals surface area contributed by atoms with E-state index in [1.54, 1.807) is 14.2 Å². The second-order valence-corrected chi connectivity index (χ2v) is 6.91. The molecule has 1 aliphatic heterocycles. The zero-order valence-corrected chi connectivity index (χ0v) is 17.1. The van der Waals surface area contributed by atoms with Crippen molar-refractivity contribution in [1.82, 2.24) is 10.6 Å². The molecule has 1 aliphatic rings. The van der Waals surface area contributed by atoms with Crippen LogP contribution in [-0.4, -0.2) is 25.2 Å². The largest absolute Gasteiger partial charge is 0.493 e. The molecule has 0 fully saturated rings. The van der Waals surface area contributed by atoms with Gasteiger partial charge in [-0.15, -0.1) is 0 Å². The molecule has 0 radical (unpaired) electrons. The van der Waals surface area contributed by atoms with Crippen LogP contribution in [-0.2, 0) is 4.79 Å². The third-order valence-corrected chi connectivity index (χ3v) is 4.78. The Hall–Kier alpha value is -3.06. The molecule has 0 saturated carbocycles. The first-order valence-corrected chi connectivity index (χ1v) is 9.22. The van der Waals surface area contributed by atoms with Crippen LogP contribution in [0.1, 0.15) is 24.1 Å². The standard InChI is InChI=1S/C21H23N3O3S/c1-12-5-8-15(9-6-12)23-20(25)18-13(2)22-21(28)24-19(18)14-7-10-16(26-3)17(11-14)27-4/h5-11,19H,1-4H3,(H,23,25)(H2,22,24,28). The lowest BCUT2D eigenvalue weighted by molar-refractivity contribution is -0.113. The van der Waals surface area contributed by atoms with E-state index >= 15 is 0 Å². The van der Waals surface area contributed by atoms with Gasteiger partial charge in [-0.25, -0.2) is 0 Å². The van der Waals surface area contributed by atoms with E-state index in [1.165, 1.54) is 0 Å². The average molecular weight is 398 g/mol. The molecule has 0 aromatic heterocycles. The van der Waals surface area contributed by atoms with Gasteiger partial charge in [0.15, 0.2) is 16.6 Å². The van der Waals surface area contributed by atoms with Crippen LogP contribution >= 0.6 is 12.2 Å². The molecule has 3 N–H and O–H groups in total. The minimum atomic E-state index is -0.418. The number of hydrogen-bond acceptors (Lipinski definition) is 4. The van der Waals surface area contributed by atoms with Gasteiger partial charge in [-0.05, 0) is 55.9 Å². The van der Waals surface area contributed by atoms with Crippen molar-refractivity contribution in [3.05, 3.63) is 64.9 Å². The average Bonchev–Trinajstić information content (AvgIpc) is 2.68. The summed E-state index contributed by atoms with van der Waals surface area (Å²) in [6, 6.07) is 12.8. The summed E-state index contributed by atoms with van der Waals surface area (Å²) < 4.78 is 10.7. The van der Waals surface area contributed by atoms with E-state index < -0.39 is 6.04 Å². The minimum Gasteiger partial charge on any atom is -0.493 e. The summed E-state index contributed by atoms with van der Waals surface area (Å²) >= 11 is 5.31. The van der Waals surface area contributed by atoms with E-state index in [0.29, 0.717) is 27.9 Å². The van der Waals surface area contributed by atoms with Crippen LogP contribution < -0.4 is 25.4 Å². The quantitative estimate of drug-likeness (QED) is 0.672. The van der Waals surface area contributed by atoms with Gasteiger partial charge in [0.05, 0.1) is 25.8 Å². The van der Waals surface area contributed by atoms with Crippen molar-refractivity contribution in [3.63, 3.8) is 0 Å². The molecule has 146 valence electrons. The van der Waals surface area contributed by atoms with E-state index in [1.807, 2.05) is 56.3 Å². The van der Waals surface area contributed by atoms with Crippen molar-refractivity contribution >= 4 is 28.9 Å². The fraction of sp³-hybridized carbons (Fsp3) is 0.238. The first-order chi connectivity index (χ1) is 13.4. The molecule has 0 aliphatic carbocycles. The highest BCUT2D eigenvalue weighted by Gasteiger charge is 2.30. The number of hydrogen-bond donors (Lipinski definition) is 3. The number of carbonyl (C=O) groups excluding carboxylic acids is 1. The van der Waals surface area contributed by atoms with Gasteiger partial charge in [-0.2, -0.15) is 0 Å². The third kappa shape index (κ3) is 4.09. The van der Waals surface area contributed by atoms with Crippen molar-refractivity contribution in [1.29, 1.82) is 0 Å². The van der Waals surface area contributed by atoms with Crippen molar-refractivity contribution < 1.29 is 14.3 Å². The summed E-state index contributed by atoms with van der Waals surface area (Å²) in [5, 5.41) is 9.64. The van der Waals surface area contributed by atoms with Gasteiger partial charge >= 0.3 is 0 Å². The molecule has 1 heterocycles. The Kier molecular flexibility index (Phi) is 5.84. The summed E-state index contributed by atoms with van der Waals surface area (Å²) in [5.74, 6) is 1.000. The second-order valence-electron chi connectivity index (χ2n) is 6.50. The molecule has 0 bridgehead atoms. The zero-order valence-electron chi connectivity index (χ0n) is 16.3. The maximum absolute atomic E-state index is 13.1. The molecule has 1 amide bonds. The molecular weight excluding hydrogens is 374 g/mol. The summed E-state index contributed by atoms with van der Waals surface area (Å²) in [4.78, 5) is 13.1. The predicted molar refractivity (Wildman–Crippen MR) is 114 cm³/mol. The van der Waals surface area contributed by atoms with Gasteiger partial charge < -0.3 is 25.4 Å². The zero-order chi connectivity index (χ0) is 20.3. The summed E-state index contributed by atoms with van der Waals surface area (Å²) in [5.41, 5.74) is 3.96. The molecule has 28 heavy (non-hydrogen) atoms. The van der Waals surface area contributed by atoms with Crippen LogP contribution in [0.5, 0.6) is 11.5 Å². The lowest BCUT2D eigenvalue weighted by atomic mass is 9.94. The monoisotopic (exact) mass is 397 g/mol. The van der Waals surface area contributed by atoms with Gasteiger partial charge in [0.1, 0.15) is 0 Å². The highest BCUT2D eigenvalue weighted by Crippen LogP contribution is 2.34. The number of amides is 1. The Morgan fingerprint density at radius 1 is 1.04 bits per heavy atom. The number of carbonyl (C=O) groups is 1. The third-order valence-electron chi connectivity index (χ3n) is 4.56. The van der Waals surface area contributed by atoms with Gasteiger partial charge in [0, 0.05) is 11.4 Å². The minimum absolute atomic E-state index is 0.205. The van der Waals surface area contributed by atoms with Gasteiger partial charge in [-0.1, -0.05) is 23.8 Å². The molecule has 6 nitrogen and oxygen atoms in total. The highest BCUT2D eigenvalue weighted by molar-refractivity contribution is 7.80. The maximum Gasteiger partial charge on any atom is 0.255 e. The molecular formula is C21H23N3O3S. The van der Waals surface area contributed by atoms with E-state index in [-0.39, 0.29) is 5.91 Å². The Labute approximate surface area is 169 Å². The first-order valence-electron chi connectivity index (χ1n) is 8.81. The summed E-state index contributed by atoms with van der Waals surface area (Å²) in [7, 11) is 3.16. The Bertz CT molecular complexity index is 938. The maximum atomic E-state index is 13.1. The first kappa shape index (κ1) is 19.7. The van der Waals surface area contributed by atoms with Crippen LogP contribution in [0.3, 0.4) is 0 Å². The van der Waals surface area contributed by atoms with Gasteiger partial charge in [0.2, 0.25) is 0 Å². The molecule has 2 aromatic rings. The van der Waals surface area contributed by atoms with Crippen LogP contribution in [0.25, 0.3) is 0 Å². The fourth-order valence-corrected chi connectivity index (χ4v) is 3.38. The van der Waals surface area contributed by atoms with Crippen LogP contribution in [0.4, 0.5) is 5.69 Å². The topological polar surface area (TPSA) is 71.6 Å². The van der Waals surface area contributed by atoms with Crippen molar-refractivity contribution in [2.45, 2.75) is 19.9 Å². The summed E-state index contributed by atoms with van der Waals surface area (Å²) in [6.07, 6.45) is 0. The van der Waals surface area contributed by atoms with E-state index in [0.717, 1.165) is 16.8 Å². The smallest absolute Gasteiger partial charge is 0.255 e. The van der Waals surface area contributed by atoms with Crippen LogP contribution in [0, 0.1) is 6.92 Å². The lowest BCUT2D eigenvalue weighted by Crippen LogP contribution is -2.45. The van der Waals surface area contributed by atoms with Crippen molar-refractivity contribution in [2.24, 2.45) is 0 Å². The number of rotatable bonds is 5. The fourth-order valence-electron chi connectivity index (χ4n) is 3.11. The van der Waals surface area contributed by atoms with E-state index in [2.05, 4.69) is 16.0 Å². The molecule has 0 spiro atoms. The molecule has 1 atom stereocenters. The number of ether oxygens (including phenoxy) is 2. The van der Waals surface area contributed by atoms with Crippen LogP contribution in [0.2, 0.25) is 0 Å². The molecule has 2 aromatic carbocycles. The second kappa shape index (κ2) is 8.31.